The van der Waals surface area contributed by atoms with Crippen molar-refractivity contribution >= 4 is 5.91 Å². The summed E-state index contributed by atoms with van der Waals surface area (Å²) < 4.78 is 5.47. The number of phenols is 1. The number of hydrogen-bond donors (Lipinski definition) is 3. The van der Waals surface area contributed by atoms with E-state index in [9.17, 15) is 9.90 Å². The number of hydrogen-bond acceptors (Lipinski definition) is 4. The van der Waals surface area contributed by atoms with Crippen LogP contribution in [0.5, 0.6) is 11.5 Å². The first kappa shape index (κ1) is 13.3. The fraction of sp³-hybridized carbons (Fsp3) is 0.417. The van der Waals surface area contributed by atoms with Gasteiger partial charge in [-0.3, -0.25) is 10.2 Å². The lowest BCUT2D eigenvalue weighted by Crippen LogP contribution is -2.30. The highest BCUT2D eigenvalue weighted by molar-refractivity contribution is 5.96. The van der Waals surface area contributed by atoms with Crippen LogP contribution in [0.15, 0.2) is 18.2 Å². The van der Waals surface area contributed by atoms with Gasteiger partial charge in [0.05, 0.1) is 12.2 Å². The Balaban J connectivity index is 2.65. The lowest BCUT2D eigenvalue weighted by atomic mass is 10.2. The second-order valence-corrected chi connectivity index (χ2v) is 3.71. The van der Waals surface area contributed by atoms with Crippen molar-refractivity contribution in [3.8, 4) is 11.5 Å². The molecule has 1 aromatic carbocycles. The number of hydrazine groups is 1. The molecule has 1 rings (SSSR count). The molecule has 4 N–H and O–H groups in total. The van der Waals surface area contributed by atoms with Crippen LogP contribution in [0.25, 0.3) is 0 Å². The zero-order valence-corrected chi connectivity index (χ0v) is 9.90. The Hall–Kier alpha value is -1.75. The Morgan fingerprint density at radius 3 is 2.88 bits per heavy atom. The van der Waals surface area contributed by atoms with E-state index >= 15 is 0 Å². The van der Waals surface area contributed by atoms with Crippen molar-refractivity contribution in [3.05, 3.63) is 23.8 Å². The summed E-state index contributed by atoms with van der Waals surface area (Å²) in [5.41, 5.74) is 2.08. The summed E-state index contributed by atoms with van der Waals surface area (Å²) in [6.07, 6.45) is 3.20. The molecule has 0 spiro atoms. The summed E-state index contributed by atoms with van der Waals surface area (Å²) in [5.74, 6) is 4.91. The summed E-state index contributed by atoms with van der Waals surface area (Å²) in [5, 5.41) is 9.47. The van der Waals surface area contributed by atoms with Gasteiger partial charge in [-0.05, 0) is 24.6 Å². The van der Waals surface area contributed by atoms with Gasteiger partial charge in [0, 0.05) is 0 Å². The molecule has 1 amide bonds. The number of amides is 1. The van der Waals surface area contributed by atoms with Gasteiger partial charge in [0.25, 0.3) is 5.91 Å². The molecule has 17 heavy (non-hydrogen) atoms. The Morgan fingerprint density at radius 1 is 1.47 bits per heavy atom. The predicted octanol–water partition coefficient (Wildman–Crippen LogP) is 1.56. The van der Waals surface area contributed by atoms with E-state index in [-0.39, 0.29) is 11.3 Å². The summed E-state index contributed by atoms with van der Waals surface area (Å²) >= 11 is 0. The van der Waals surface area contributed by atoms with E-state index in [1.54, 1.807) is 6.07 Å². The first-order valence-electron chi connectivity index (χ1n) is 5.65. The van der Waals surface area contributed by atoms with Gasteiger partial charge >= 0.3 is 0 Å². The van der Waals surface area contributed by atoms with Gasteiger partial charge in [-0.15, -0.1) is 0 Å². The van der Waals surface area contributed by atoms with Gasteiger partial charge in [-0.2, -0.15) is 0 Å². The Bertz CT molecular complexity index is 380. The van der Waals surface area contributed by atoms with Crippen LogP contribution in [0.1, 0.15) is 36.5 Å². The van der Waals surface area contributed by atoms with Crippen molar-refractivity contribution in [1.82, 2.24) is 5.43 Å². The highest BCUT2D eigenvalue weighted by atomic mass is 16.5. The van der Waals surface area contributed by atoms with Gasteiger partial charge < -0.3 is 9.84 Å². The normalized spacial score (nSPS) is 10.0. The number of rotatable bonds is 6. The van der Waals surface area contributed by atoms with E-state index < -0.39 is 5.91 Å². The molecule has 0 aromatic heterocycles. The van der Waals surface area contributed by atoms with Gasteiger partial charge in [-0.1, -0.05) is 19.8 Å². The second kappa shape index (κ2) is 6.75. The van der Waals surface area contributed by atoms with Gasteiger partial charge in [0.1, 0.15) is 11.5 Å². The molecular formula is C12H18N2O3. The van der Waals surface area contributed by atoms with Crippen molar-refractivity contribution in [2.24, 2.45) is 5.84 Å². The number of nitrogen functional groups attached to an aromatic ring is 1. The number of carbonyl (C=O) groups is 1. The van der Waals surface area contributed by atoms with Crippen molar-refractivity contribution < 1.29 is 14.6 Å². The van der Waals surface area contributed by atoms with E-state index in [1.807, 2.05) is 5.43 Å². The monoisotopic (exact) mass is 238 g/mol. The molecular weight excluding hydrogens is 220 g/mol. The summed E-state index contributed by atoms with van der Waals surface area (Å²) in [7, 11) is 0. The molecule has 0 atom stereocenters. The van der Waals surface area contributed by atoms with Crippen LogP contribution in [0.2, 0.25) is 0 Å². The average molecular weight is 238 g/mol. The summed E-state index contributed by atoms with van der Waals surface area (Å²) in [4.78, 5) is 11.3. The lowest BCUT2D eigenvalue weighted by Gasteiger charge is -2.08. The average Bonchev–Trinajstić information content (AvgIpc) is 2.35. The van der Waals surface area contributed by atoms with Crippen LogP contribution in [-0.4, -0.2) is 17.6 Å². The zero-order chi connectivity index (χ0) is 12.7. The largest absolute Gasteiger partial charge is 0.507 e. The summed E-state index contributed by atoms with van der Waals surface area (Å²) in [6, 6.07) is 4.51. The number of phenolic OH excluding ortho intramolecular Hbond substituents is 1. The van der Waals surface area contributed by atoms with Crippen LogP contribution in [0.3, 0.4) is 0 Å². The molecule has 0 fully saturated rings. The molecule has 0 aliphatic rings. The SMILES string of the molecule is CCCCCOc1ccc(O)c(C(=O)NN)c1. The topological polar surface area (TPSA) is 84.6 Å². The third-order valence-electron chi connectivity index (χ3n) is 2.36. The van der Waals surface area contributed by atoms with Crippen LogP contribution in [-0.2, 0) is 0 Å². The van der Waals surface area contributed by atoms with Gasteiger partial charge in [0.15, 0.2) is 0 Å². The summed E-state index contributed by atoms with van der Waals surface area (Å²) in [6.45, 7) is 2.71. The fourth-order valence-electron chi connectivity index (χ4n) is 1.41. The molecule has 94 valence electrons. The third-order valence-corrected chi connectivity index (χ3v) is 2.36. The van der Waals surface area contributed by atoms with Crippen molar-refractivity contribution in [3.63, 3.8) is 0 Å². The molecule has 1 aromatic rings. The first-order valence-corrected chi connectivity index (χ1v) is 5.65. The number of nitrogens with one attached hydrogen (secondary N) is 1. The van der Waals surface area contributed by atoms with Gasteiger partial charge in [0.2, 0.25) is 0 Å². The van der Waals surface area contributed by atoms with Crippen LogP contribution in [0.4, 0.5) is 0 Å². The number of carbonyl (C=O) groups excluding carboxylic acids is 1. The second-order valence-electron chi connectivity index (χ2n) is 3.71. The van der Waals surface area contributed by atoms with E-state index in [2.05, 4.69) is 6.92 Å². The number of ether oxygens (including phenoxy) is 1. The number of nitrogens with two attached hydrogens (primary N) is 1. The molecule has 0 unspecified atom stereocenters. The Labute approximate surface area is 101 Å². The number of aromatic hydroxyl groups is 1. The first-order chi connectivity index (χ1) is 8.19. The van der Waals surface area contributed by atoms with Crippen LogP contribution in [0, 0.1) is 0 Å². The molecule has 0 heterocycles. The van der Waals surface area contributed by atoms with E-state index in [0.717, 1.165) is 19.3 Å². The van der Waals surface area contributed by atoms with Crippen molar-refractivity contribution in [2.45, 2.75) is 26.2 Å². The lowest BCUT2D eigenvalue weighted by molar-refractivity contribution is 0.0950. The molecule has 0 aliphatic heterocycles. The molecule has 0 radical (unpaired) electrons. The Kier molecular flexibility index (Phi) is 5.29. The third kappa shape index (κ3) is 3.96. The molecule has 0 aliphatic carbocycles. The minimum absolute atomic E-state index is 0.112. The standard InChI is InChI=1S/C12H18N2O3/c1-2-3-4-7-17-9-5-6-11(15)10(8-9)12(16)14-13/h5-6,8,15H,2-4,7,13H2,1H3,(H,14,16). The number of benzene rings is 1. The molecule has 0 saturated heterocycles. The molecule has 0 saturated carbocycles. The van der Waals surface area contributed by atoms with Crippen LogP contribution < -0.4 is 16.0 Å². The highest BCUT2D eigenvalue weighted by Crippen LogP contribution is 2.23. The molecule has 5 nitrogen and oxygen atoms in total. The highest BCUT2D eigenvalue weighted by Gasteiger charge is 2.10. The van der Waals surface area contributed by atoms with E-state index in [1.165, 1.54) is 12.1 Å². The van der Waals surface area contributed by atoms with E-state index in [4.69, 9.17) is 10.6 Å². The minimum atomic E-state index is -0.540. The van der Waals surface area contributed by atoms with Crippen molar-refractivity contribution in [2.75, 3.05) is 6.61 Å². The zero-order valence-electron chi connectivity index (χ0n) is 9.90. The Morgan fingerprint density at radius 2 is 2.24 bits per heavy atom. The maximum atomic E-state index is 11.3. The smallest absolute Gasteiger partial charge is 0.269 e. The minimum Gasteiger partial charge on any atom is -0.507 e. The molecule has 5 heteroatoms. The van der Waals surface area contributed by atoms with Crippen molar-refractivity contribution in [1.29, 1.82) is 0 Å². The van der Waals surface area contributed by atoms with Gasteiger partial charge in [-0.25, -0.2) is 5.84 Å². The van der Waals surface area contributed by atoms with Crippen LogP contribution >= 0.6 is 0 Å². The predicted molar refractivity (Wildman–Crippen MR) is 64.8 cm³/mol. The van der Waals surface area contributed by atoms with E-state index in [0.29, 0.717) is 12.4 Å². The maximum Gasteiger partial charge on any atom is 0.269 e. The maximum absolute atomic E-state index is 11.3. The number of unbranched alkanes of at least 4 members (excludes halogenated alkanes) is 2. The molecule has 0 bridgehead atoms. The quantitative estimate of drug-likeness (QED) is 0.304. The fourth-order valence-corrected chi connectivity index (χ4v) is 1.41.